The molecule has 1 fully saturated rings. The Balaban J connectivity index is 0.00000162. The van der Waals surface area contributed by atoms with Crippen molar-refractivity contribution >= 4 is 34.3 Å². The van der Waals surface area contributed by atoms with Gasteiger partial charge in [0.15, 0.2) is 5.69 Å². The Morgan fingerprint density at radius 1 is 1.56 bits per heavy atom. The van der Waals surface area contributed by atoms with Gasteiger partial charge in [-0.1, -0.05) is 0 Å². The van der Waals surface area contributed by atoms with Gasteiger partial charge in [0, 0.05) is 11.8 Å². The highest BCUT2D eigenvalue weighted by atomic mass is 79.9. The van der Waals surface area contributed by atoms with Crippen molar-refractivity contribution in [1.29, 1.82) is 0 Å². The number of aromatic nitrogens is 1. The molecule has 0 radical (unpaired) electrons. The van der Waals surface area contributed by atoms with E-state index >= 15 is 0 Å². The largest absolute Gasteiger partial charge is 0.461 e. The standard InChI is InChI=1S/C12H18N2O2S.BrH/c1-2-16-12(15)10-8-17-11(14-10)7-9-3-5-13-6-4-9;/h8-9,13H,2-7H2,1H3;1H. The van der Waals surface area contributed by atoms with Gasteiger partial charge in [-0.25, -0.2) is 9.78 Å². The average Bonchev–Trinajstić information content (AvgIpc) is 2.79. The summed E-state index contributed by atoms with van der Waals surface area (Å²) in [6, 6.07) is 0. The Kier molecular flexibility index (Phi) is 6.81. The second-order valence-corrected chi connectivity index (χ2v) is 5.19. The third kappa shape index (κ3) is 4.33. The van der Waals surface area contributed by atoms with Crippen molar-refractivity contribution in [2.45, 2.75) is 26.2 Å². The minimum absolute atomic E-state index is 0. The molecule has 0 aliphatic carbocycles. The van der Waals surface area contributed by atoms with Crippen molar-refractivity contribution in [3.8, 4) is 0 Å². The van der Waals surface area contributed by atoms with Gasteiger partial charge in [0.2, 0.25) is 0 Å². The zero-order chi connectivity index (χ0) is 12.1. The summed E-state index contributed by atoms with van der Waals surface area (Å²) in [5.74, 6) is 0.401. The second kappa shape index (κ2) is 7.86. The van der Waals surface area contributed by atoms with E-state index in [1.165, 1.54) is 12.8 Å². The highest BCUT2D eigenvalue weighted by Gasteiger charge is 2.17. The van der Waals surface area contributed by atoms with Crippen LogP contribution in [0.4, 0.5) is 0 Å². The van der Waals surface area contributed by atoms with Gasteiger partial charge in [0.05, 0.1) is 11.6 Å². The molecule has 0 saturated carbocycles. The van der Waals surface area contributed by atoms with Gasteiger partial charge in [-0.05, 0) is 38.8 Å². The second-order valence-electron chi connectivity index (χ2n) is 4.24. The monoisotopic (exact) mass is 334 g/mol. The Hall–Kier alpha value is -0.460. The summed E-state index contributed by atoms with van der Waals surface area (Å²) in [7, 11) is 0. The van der Waals surface area contributed by atoms with E-state index in [0.717, 1.165) is 24.5 Å². The van der Waals surface area contributed by atoms with E-state index in [1.807, 2.05) is 0 Å². The van der Waals surface area contributed by atoms with Crippen LogP contribution in [-0.4, -0.2) is 30.6 Å². The van der Waals surface area contributed by atoms with E-state index in [-0.39, 0.29) is 23.0 Å². The number of thiazole rings is 1. The van der Waals surface area contributed by atoms with Crippen molar-refractivity contribution < 1.29 is 9.53 Å². The van der Waals surface area contributed by atoms with E-state index < -0.39 is 0 Å². The fourth-order valence-electron chi connectivity index (χ4n) is 2.04. The number of rotatable bonds is 4. The number of carbonyl (C=O) groups is 1. The first-order valence-electron chi connectivity index (χ1n) is 6.12. The van der Waals surface area contributed by atoms with E-state index in [4.69, 9.17) is 4.74 Å². The van der Waals surface area contributed by atoms with Gasteiger partial charge in [-0.2, -0.15) is 0 Å². The van der Waals surface area contributed by atoms with Crippen molar-refractivity contribution in [2.75, 3.05) is 19.7 Å². The molecule has 1 aliphatic rings. The first kappa shape index (κ1) is 15.6. The zero-order valence-electron chi connectivity index (χ0n) is 10.5. The van der Waals surface area contributed by atoms with Crippen LogP contribution < -0.4 is 5.32 Å². The molecule has 18 heavy (non-hydrogen) atoms. The minimum Gasteiger partial charge on any atom is -0.461 e. The minimum atomic E-state index is -0.305. The molecule has 2 heterocycles. The fraction of sp³-hybridized carbons (Fsp3) is 0.667. The van der Waals surface area contributed by atoms with Crippen molar-refractivity contribution in [1.82, 2.24) is 10.3 Å². The summed E-state index contributed by atoms with van der Waals surface area (Å²) >= 11 is 1.57. The third-order valence-corrected chi connectivity index (χ3v) is 3.83. The number of carbonyl (C=O) groups excluding carboxylic acids is 1. The lowest BCUT2D eigenvalue weighted by molar-refractivity contribution is 0.0520. The molecule has 6 heteroatoms. The molecule has 2 rings (SSSR count). The molecule has 1 aromatic heterocycles. The number of ether oxygens (including phenoxy) is 1. The molecule has 1 aromatic rings. The first-order valence-corrected chi connectivity index (χ1v) is 6.99. The Bertz CT molecular complexity index is 378. The number of halogens is 1. The molecule has 0 amide bonds. The van der Waals surface area contributed by atoms with Crippen LogP contribution in [0.1, 0.15) is 35.3 Å². The molecule has 0 aromatic carbocycles. The van der Waals surface area contributed by atoms with Crippen molar-refractivity contribution in [2.24, 2.45) is 5.92 Å². The van der Waals surface area contributed by atoms with Crippen LogP contribution in [0.2, 0.25) is 0 Å². The number of nitrogens with one attached hydrogen (secondary N) is 1. The lowest BCUT2D eigenvalue weighted by Crippen LogP contribution is -2.28. The predicted molar refractivity (Wildman–Crippen MR) is 77.7 cm³/mol. The molecule has 1 aliphatic heterocycles. The molecular formula is C12H19BrN2O2S. The maximum Gasteiger partial charge on any atom is 0.357 e. The Morgan fingerprint density at radius 2 is 2.28 bits per heavy atom. The van der Waals surface area contributed by atoms with Gasteiger partial charge < -0.3 is 10.1 Å². The van der Waals surface area contributed by atoms with Crippen LogP contribution in [0.25, 0.3) is 0 Å². The summed E-state index contributed by atoms with van der Waals surface area (Å²) < 4.78 is 4.93. The van der Waals surface area contributed by atoms with Crippen LogP contribution in [0, 0.1) is 5.92 Å². The van der Waals surface area contributed by atoms with Gasteiger partial charge >= 0.3 is 5.97 Å². The predicted octanol–water partition coefficient (Wildman–Crippen LogP) is 2.44. The maximum atomic E-state index is 11.5. The van der Waals surface area contributed by atoms with Gasteiger partial charge in [-0.15, -0.1) is 28.3 Å². The van der Waals surface area contributed by atoms with E-state index in [2.05, 4.69) is 10.3 Å². The summed E-state index contributed by atoms with van der Waals surface area (Å²) in [5.41, 5.74) is 0.459. The number of nitrogens with zero attached hydrogens (tertiary/aromatic N) is 1. The molecule has 0 bridgehead atoms. The number of hydrogen-bond donors (Lipinski definition) is 1. The normalized spacial score (nSPS) is 16.1. The lowest BCUT2D eigenvalue weighted by atomic mass is 9.95. The molecule has 1 saturated heterocycles. The molecule has 0 spiro atoms. The van der Waals surface area contributed by atoms with Crippen LogP contribution in [-0.2, 0) is 11.2 Å². The third-order valence-electron chi connectivity index (χ3n) is 2.96. The molecule has 4 nitrogen and oxygen atoms in total. The van der Waals surface area contributed by atoms with Crippen LogP contribution in [0.3, 0.4) is 0 Å². The number of hydrogen-bond acceptors (Lipinski definition) is 5. The zero-order valence-corrected chi connectivity index (χ0v) is 13.0. The Labute approximate surface area is 122 Å². The number of esters is 1. The van der Waals surface area contributed by atoms with Crippen LogP contribution in [0.5, 0.6) is 0 Å². The maximum absolute atomic E-state index is 11.5. The first-order chi connectivity index (χ1) is 8.29. The van der Waals surface area contributed by atoms with Crippen LogP contribution in [0.15, 0.2) is 5.38 Å². The summed E-state index contributed by atoms with van der Waals surface area (Å²) in [6.45, 7) is 4.40. The van der Waals surface area contributed by atoms with Gasteiger partial charge in [0.25, 0.3) is 0 Å². The molecular weight excluding hydrogens is 316 g/mol. The fourth-order valence-corrected chi connectivity index (χ4v) is 2.92. The summed E-state index contributed by atoms with van der Waals surface area (Å²) in [6.07, 6.45) is 3.40. The lowest BCUT2D eigenvalue weighted by Gasteiger charge is -2.21. The molecule has 0 unspecified atom stereocenters. The number of piperidine rings is 1. The average molecular weight is 335 g/mol. The van der Waals surface area contributed by atoms with Crippen molar-refractivity contribution in [3.63, 3.8) is 0 Å². The Morgan fingerprint density at radius 3 is 2.94 bits per heavy atom. The molecule has 102 valence electrons. The van der Waals surface area contributed by atoms with Crippen LogP contribution >= 0.6 is 28.3 Å². The van der Waals surface area contributed by atoms with Crippen molar-refractivity contribution in [3.05, 3.63) is 16.1 Å². The highest BCUT2D eigenvalue weighted by molar-refractivity contribution is 8.93. The highest BCUT2D eigenvalue weighted by Crippen LogP contribution is 2.20. The quantitative estimate of drug-likeness (QED) is 0.859. The SMILES string of the molecule is Br.CCOC(=O)c1csc(CC2CCNCC2)n1. The van der Waals surface area contributed by atoms with Gasteiger partial charge in [0.1, 0.15) is 0 Å². The topological polar surface area (TPSA) is 51.2 Å². The smallest absolute Gasteiger partial charge is 0.357 e. The molecule has 1 N–H and O–H groups in total. The summed E-state index contributed by atoms with van der Waals surface area (Å²) in [4.78, 5) is 15.8. The van der Waals surface area contributed by atoms with E-state index in [0.29, 0.717) is 18.2 Å². The van der Waals surface area contributed by atoms with E-state index in [1.54, 1.807) is 23.6 Å². The van der Waals surface area contributed by atoms with Gasteiger partial charge in [-0.3, -0.25) is 0 Å². The molecule has 0 atom stereocenters. The summed E-state index contributed by atoms with van der Waals surface area (Å²) in [5, 5.41) is 6.21. The van der Waals surface area contributed by atoms with E-state index in [9.17, 15) is 4.79 Å².